The number of hydrogen-bond donors (Lipinski definition) is 0. The lowest BCUT2D eigenvalue weighted by Gasteiger charge is -2.06. The Balaban J connectivity index is 2.94. The summed E-state index contributed by atoms with van der Waals surface area (Å²) in [6, 6.07) is 8.00. The van der Waals surface area contributed by atoms with Crippen LogP contribution in [0.15, 0.2) is 35.3 Å². The summed E-state index contributed by atoms with van der Waals surface area (Å²) in [5.74, 6) is -0.690. The van der Waals surface area contributed by atoms with Gasteiger partial charge in [-0.1, -0.05) is 6.07 Å². The average Bonchev–Trinajstić information content (AvgIpc) is 2.38. The highest BCUT2D eigenvalue weighted by Gasteiger charge is 2.16. The zero-order chi connectivity index (χ0) is 12.4. The highest BCUT2D eigenvalue weighted by atomic mass is 16.5. The van der Waals surface area contributed by atoms with E-state index in [1.807, 2.05) is 6.07 Å². The normalized spacial score (nSPS) is 9.88. The Kier molecular flexibility index (Phi) is 2.63. The smallest absolute Gasteiger partial charge is 0.339 e. The van der Waals surface area contributed by atoms with E-state index < -0.39 is 5.97 Å². The zero-order valence-electron chi connectivity index (χ0n) is 9.01. The number of carbonyl (C=O) groups excluding carboxylic acids is 1. The molecule has 0 amide bonds. The van der Waals surface area contributed by atoms with Crippen molar-refractivity contribution in [3.05, 3.63) is 51.9 Å². The number of fused-ring (bicyclic) bond motifs is 1. The highest BCUT2D eigenvalue weighted by molar-refractivity contribution is 5.94. The van der Waals surface area contributed by atoms with Gasteiger partial charge in [0.15, 0.2) is 0 Å². The molecule has 0 aliphatic rings. The van der Waals surface area contributed by atoms with Crippen LogP contribution in [0.1, 0.15) is 15.9 Å². The fourth-order valence-electron chi connectivity index (χ4n) is 1.63. The van der Waals surface area contributed by atoms with Crippen molar-refractivity contribution in [2.75, 3.05) is 7.11 Å². The molecule has 0 N–H and O–H groups in total. The van der Waals surface area contributed by atoms with Crippen molar-refractivity contribution in [3.8, 4) is 6.07 Å². The minimum absolute atomic E-state index is 0.00815. The molecule has 2 heterocycles. The van der Waals surface area contributed by atoms with Crippen molar-refractivity contribution in [2.45, 2.75) is 0 Å². The van der Waals surface area contributed by atoms with Gasteiger partial charge in [0.1, 0.15) is 6.07 Å². The third-order valence-electron chi connectivity index (χ3n) is 2.41. The van der Waals surface area contributed by atoms with Crippen LogP contribution in [0, 0.1) is 11.3 Å². The van der Waals surface area contributed by atoms with Gasteiger partial charge in [-0.3, -0.25) is 9.20 Å². The molecule has 0 fully saturated rings. The fourth-order valence-corrected chi connectivity index (χ4v) is 1.63. The molecule has 0 unspecified atom stereocenters. The Labute approximate surface area is 96.5 Å². The molecule has 0 atom stereocenters. The van der Waals surface area contributed by atoms with Crippen LogP contribution in [-0.2, 0) is 4.74 Å². The quantitative estimate of drug-likeness (QED) is 0.681. The lowest BCUT2D eigenvalue weighted by atomic mass is 10.1. The topological polar surface area (TPSA) is 71.6 Å². The van der Waals surface area contributed by atoms with Gasteiger partial charge < -0.3 is 4.74 Å². The molecule has 84 valence electrons. The van der Waals surface area contributed by atoms with E-state index in [4.69, 9.17) is 5.26 Å². The molecule has 0 saturated heterocycles. The number of nitrogens with zero attached hydrogens (tertiary/aromatic N) is 2. The predicted octanol–water partition coefficient (Wildman–Crippen LogP) is 0.958. The summed E-state index contributed by atoms with van der Waals surface area (Å²) < 4.78 is 5.85. The maximum Gasteiger partial charge on any atom is 0.339 e. The van der Waals surface area contributed by atoms with Crippen LogP contribution in [-0.4, -0.2) is 17.5 Å². The minimum Gasteiger partial charge on any atom is -0.465 e. The molecule has 5 heteroatoms. The van der Waals surface area contributed by atoms with E-state index in [9.17, 15) is 9.59 Å². The molecule has 2 rings (SSSR count). The number of aromatic nitrogens is 1. The van der Waals surface area contributed by atoms with E-state index in [0.29, 0.717) is 5.52 Å². The van der Waals surface area contributed by atoms with Crippen LogP contribution < -0.4 is 5.56 Å². The molecule has 5 nitrogen and oxygen atoms in total. The van der Waals surface area contributed by atoms with Crippen molar-refractivity contribution in [1.29, 1.82) is 5.26 Å². The second-order valence-corrected chi connectivity index (χ2v) is 3.33. The van der Waals surface area contributed by atoms with Crippen LogP contribution >= 0.6 is 0 Å². The molecule has 0 bridgehead atoms. The van der Waals surface area contributed by atoms with Gasteiger partial charge in [0, 0.05) is 12.3 Å². The van der Waals surface area contributed by atoms with Gasteiger partial charge in [-0.05, 0) is 12.1 Å². The van der Waals surface area contributed by atoms with Crippen molar-refractivity contribution in [1.82, 2.24) is 4.40 Å². The van der Waals surface area contributed by atoms with Crippen LogP contribution in [0.3, 0.4) is 0 Å². The number of pyridine rings is 2. The average molecular weight is 228 g/mol. The van der Waals surface area contributed by atoms with E-state index in [2.05, 4.69) is 4.74 Å². The second-order valence-electron chi connectivity index (χ2n) is 3.33. The first-order valence-corrected chi connectivity index (χ1v) is 4.82. The molecular weight excluding hydrogens is 220 g/mol. The molecule has 0 aromatic carbocycles. The van der Waals surface area contributed by atoms with Crippen molar-refractivity contribution in [2.24, 2.45) is 0 Å². The largest absolute Gasteiger partial charge is 0.465 e. The van der Waals surface area contributed by atoms with E-state index in [1.54, 1.807) is 24.4 Å². The highest BCUT2D eigenvalue weighted by Crippen LogP contribution is 2.13. The lowest BCUT2D eigenvalue weighted by molar-refractivity contribution is 0.0600. The van der Waals surface area contributed by atoms with Gasteiger partial charge in [0.2, 0.25) is 0 Å². The number of nitriles is 1. The van der Waals surface area contributed by atoms with Crippen LogP contribution in [0.4, 0.5) is 0 Å². The molecule has 0 spiro atoms. The summed E-state index contributed by atoms with van der Waals surface area (Å²) in [4.78, 5) is 23.2. The Morgan fingerprint density at radius 1 is 1.47 bits per heavy atom. The third-order valence-corrected chi connectivity index (χ3v) is 2.41. The summed E-state index contributed by atoms with van der Waals surface area (Å²) in [5, 5.41) is 9.08. The number of esters is 1. The van der Waals surface area contributed by atoms with Gasteiger partial charge in [-0.2, -0.15) is 5.26 Å². The summed E-state index contributed by atoms with van der Waals surface area (Å²) in [6.07, 6.45) is 1.54. The minimum atomic E-state index is -0.690. The first-order chi connectivity index (χ1) is 8.19. The molecule has 2 aromatic heterocycles. The van der Waals surface area contributed by atoms with E-state index in [-0.39, 0.29) is 16.7 Å². The van der Waals surface area contributed by atoms with E-state index in [1.165, 1.54) is 11.5 Å². The van der Waals surface area contributed by atoms with E-state index in [0.717, 1.165) is 6.07 Å². The van der Waals surface area contributed by atoms with Crippen molar-refractivity contribution >= 4 is 11.5 Å². The van der Waals surface area contributed by atoms with Crippen LogP contribution in [0.5, 0.6) is 0 Å². The monoisotopic (exact) mass is 228 g/mol. The Morgan fingerprint density at radius 2 is 2.24 bits per heavy atom. The number of rotatable bonds is 1. The molecule has 17 heavy (non-hydrogen) atoms. The van der Waals surface area contributed by atoms with Crippen molar-refractivity contribution < 1.29 is 9.53 Å². The van der Waals surface area contributed by atoms with Crippen LogP contribution in [0.25, 0.3) is 5.52 Å². The first-order valence-electron chi connectivity index (χ1n) is 4.82. The molecule has 0 radical (unpaired) electrons. The summed E-state index contributed by atoms with van der Waals surface area (Å²) >= 11 is 0. The lowest BCUT2D eigenvalue weighted by Crippen LogP contribution is -2.18. The number of hydrogen-bond acceptors (Lipinski definition) is 4. The van der Waals surface area contributed by atoms with Gasteiger partial charge in [0.05, 0.1) is 23.8 Å². The molecule has 2 aromatic rings. The predicted molar refractivity (Wildman–Crippen MR) is 59.7 cm³/mol. The molecular formula is C12H8N2O3. The molecule has 0 aliphatic carbocycles. The summed E-state index contributed by atoms with van der Waals surface area (Å²) in [5.41, 5.74) is 0.145. The summed E-state index contributed by atoms with van der Waals surface area (Å²) in [7, 11) is 1.20. The Morgan fingerprint density at radius 3 is 2.88 bits per heavy atom. The third kappa shape index (κ3) is 1.66. The van der Waals surface area contributed by atoms with Gasteiger partial charge in [0.25, 0.3) is 5.56 Å². The standard InChI is InChI=1S/C12H8N2O3/c1-17-12(16)8-6-11(15)14-5-3-2-4-10(14)9(8)7-13/h2-6H,1H3. The van der Waals surface area contributed by atoms with E-state index >= 15 is 0 Å². The van der Waals surface area contributed by atoms with Crippen molar-refractivity contribution in [3.63, 3.8) is 0 Å². The molecule has 0 saturated carbocycles. The van der Waals surface area contributed by atoms with Gasteiger partial charge in [-0.15, -0.1) is 0 Å². The Hall–Kier alpha value is -2.61. The molecule has 0 aliphatic heterocycles. The second kappa shape index (κ2) is 4.10. The number of methoxy groups -OCH3 is 1. The number of carbonyl (C=O) groups is 1. The Bertz CT molecular complexity index is 695. The summed E-state index contributed by atoms with van der Waals surface area (Å²) in [6.45, 7) is 0. The zero-order valence-corrected chi connectivity index (χ0v) is 9.01. The maximum atomic E-state index is 11.7. The number of ether oxygens (including phenoxy) is 1. The first kappa shape index (κ1) is 10.9. The fraction of sp³-hybridized carbons (Fsp3) is 0.0833. The SMILES string of the molecule is COC(=O)c1cc(=O)n2ccccc2c1C#N. The van der Waals surface area contributed by atoms with Gasteiger partial charge >= 0.3 is 5.97 Å². The van der Waals surface area contributed by atoms with Crippen LogP contribution in [0.2, 0.25) is 0 Å². The maximum absolute atomic E-state index is 11.7. The van der Waals surface area contributed by atoms with Gasteiger partial charge in [-0.25, -0.2) is 4.79 Å².